The van der Waals surface area contributed by atoms with Gasteiger partial charge in [-0.15, -0.1) is 0 Å². The maximum absolute atomic E-state index is 11.6. The predicted octanol–water partition coefficient (Wildman–Crippen LogP) is 4.99. The summed E-state index contributed by atoms with van der Waals surface area (Å²) in [7, 11) is 0. The Bertz CT molecular complexity index is 1130. The van der Waals surface area contributed by atoms with E-state index in [1.165, 1.54) is 6.07 Å². The smallest absolute Gasteiger partial charge is 0.336 e. The van der Waals surface area contributed by atoms with Crippen LogP contribution in [0.15, 0.2) is 68.3 Å². The molecule has 2 aromatic carbocycles. The van der Waals surface area contributed by atoms with Crippen LogP contribution in [0.3, 0.4) is 0 Å². The minimum absolute atomic E-state index is 0.154. The average molecular weight is 368 g/mol. The van der Waals surface area contributed by atoms with Gasteiger partial charge in [-0.3, -0.25) is 0 Å². The number of aromatic nitrogens is 1. The second-order valence-corrected chi connectivity index (χ2v) is 6.27. The molecule has 4 rings (SSSR count). The third-order valence-electron chi connectivity index (χ3n) is 4.00. The van der Waals surface area contributed by atoms with Crippen molar-refractivity contribution in [3.05, 3.63) is 81.4 Å². The number of benzene rings is 2. The van der Waals surface area contributed by atoms with Crippen molar-refractivity contribution in [1.82, 2.24) is 5.16 Å². The van der Waals surface area contributed by atoms with E-state index in [-0.39, 0.29) is 6.61 Å². The van der Waals surface area contributed by atoms with Gasteiger partial charge in [-0.05, 0) is 18.6 Å². The normalized spacial score (nSPS) is 11.0. The van der Waals surface area contributed by atoms with Gasteiger partial charge in [0.2, 0.25) is 0 Å². The third-order valence-corrected chi connectivity index (χ3v) is 4.30. The molecule has 130 valence electrons. The Morgan fingerprint density at radius 1 is 1.12 bits per heavy atom. The van der Waals surface area contributed by atoms with Crippen LogP contribution in [0.1, 0.15) is 11.3 Å². The molecule has 0 aliphatic heterocycles. The first kappa shape index (κ1) is 16.4. The zero-order chi connectivity index (χ0) is 18.1. The first-order valence-corrected chi connectivity index (χ1v) is 8.36. The number of hydrogen-bond acceptors (Lipinski definition) is 5. The summed E-state index contributed by atoms with van der Waals surface area (Å²) < 4.78 is 16.3. The van der Waals surface area contributed by atoms with E-state index in [1.807, 2.05) is 43.3 Å². The van der Waals surface area contributed by atoms with Crippen molar-refractivity contribution in [2.75, 3.05) is 0 Å². The van der Waals surface area contributed by atoms with Crippen molar-refractivity contribution < 1.29 is 13.7 Å². The van der Waals surface area contributed by atoms with Gasteiger partial charge < -0.3 is 13.7 Å². The molecule has 2 heterocycles. The van der Waals surface area contributed by atoms with Gasteiger partial charge in [0, 0.05) is 29.1 Å². The molecule has 0 unspecified atom stereocenters. The van der Waals surface area contributed by atoms with Crippen molar-refractivity contribution in [3.63, 3.8) is 0 Å². The summed E-state index contributed by atoms with van der Waals surface area (Å²) in [6.45, 7) is 1.98. The summed E-state index contributed by atoms with van der Waals surface area (Å²) in [6, 6.07) is 16.3. The second-order valence-electron chi connectivity index (χ2n) is 5.86. The van der Waals surface area contributed by atoms with E-state index in [0.29, 0.717) is 22.1 Å². The summed E-state index contributed by atoms with van der Waals surface area (Å²) in [6.07, 6.45) is 0. The highest BCUT2D eigenvalue weighted by Gasteiger charge is 2.11. The number of nitrogens with zero attached hydrogens (tertiary/aromatic N) is 1. The van der Waals surface area contributed by atoms with Crippen LogP contribution in [0, 0.1) is 6.92 Å². The van der Waals surface area contributed by atoms with E-state index in [0.717, 1.165) is 22.2 Å². The van der Waals surface area contributed by atoms with E-state index in [9.17, 15) is 4.79 Å². The Kier molecular flexibility index (Phi) is 4.22. The summed E-state index contributed by atoms with van der Waals surface area (Å²) in [5.74, 6) is 0.969. The molecule has 0 amide bonds. The van der Waals surface area contributed by atoms with Gasteiger partial charge >= 0.3 is 5.63 Å². The number of halogens is 1. The average Bonchev–Trinajstić information content (AvgIpc) is 3.10. The molecule has 0 fully saturated rings. The quantitative estimate of drug-likeness (QED) is 0.475. The molecule has 0 saturated carbocycles. The van der Waals surface area contributed by atoms with E-state index >= 15 is 0 Å². The number of aryl methyl sites for hydroxylation is 1. The van der Waals surface area contributed by atoms with Gasteiger partial charge in [0.15, 0.2) is 5.76 Å². The topological polar surface area (TPSA) is 65.5 Å². The number of rotatable bonds is 4. The molecule has 6 heteroatoms. The Morgan fingerprint density at radius 2 is 1.92 bits per heavy atom. The van der Waals surface area contributed by atoms with Gasteiger partial charge in [0.25, 0.3) is 0 Å². The van der Waals surface area contributed by atoms with Crippen LogP contribution in [0.25, 0.3) is 22.2 Å². The maximum Gasteiger partial charge on any atom is 0.336 e. The van der Waals surface area contributed by atoms with Crippen LogP contribution >= 0.6 is 11.6 Å². The van der Waals surface area contributed by atoms with E-state index in [1.54, 1.807) is 12.1 Å². The fourth-order valence-corrected chi connectivity index (χ4v) is 2.92. The van der Waals surface area contributed by atoms with E-state index in [2.05, 4.69) is 5.16 Å². The van der Waals surface area contributed by atoms with Gasteiger partial charge in [-0.1, -0.05) is 47.1 Å². The highest BCUT2D eigenvalue weighted by molar-refractivity contribution is 6.32. The van der Waals surface area contributed by atoms with Gasteiger partial charge in [-0.25, -0.2) is 4.79 Å². The molecular formula is C20H14ClNO4. The Hall–Kier alpha value is -3.05. The minimum atomic E-state index is -0.411. The maximum atomic E-state index is 11.6. The van der Waals surface area contributed by atoms with E-state index in [4.69, 9.17) is 25.3 Å². The molecule has 0 spiro atoms. The minimum Gasteiger partial charge on any atom is -0.484 e. The zero-order valence-electron chi connectivity index (χ0n) is 13.9. The summed E-state index contributed by atoms with van der Waals surface area (Å²) >= 11 is 6.29. The van der Waals surface area contributed by atoms with Gasteiger partial charge in [0.1, 0.15) is 23.6 Å². The lowest BCUT2D eigenvalue weighted by molar-refractivity contribution is 0.249. The molecule has 0 saturated heterocycles. The third kappa shape index (κ3) is 3.21. The Morgan fingerprint density at radius 3 is 2.73 bits per heavy atom. The first-order valence-electron chi connectivity index (χ1n) is 7.98. The molecule has 0 bridgehead atoms. The zero-order valence-corrected chi connectivity index (χ0v) is 14.6. The molecule has 0 radical (unpaired) electrons. The van der Waals surface area contributed by atoms with Crippen LogP contribution in [0.5, 0.6) is 5.75 Å². The molecule has 0 aliphatic carbocycles. The summed E-state index contributed by atoms with van der Waals surface area (Å²) in [5, 5.41) is 5.25. The fraction of sp³-hybridized carbons (Fsp3) is 0.100. The second kappa shape index (κ2) is 6.69. The molecule has 0 N–H and O–H groups in total. The van der Waals surface area contributed by atoms with Crippen LogP contribution < -0.4 is 10.4 Å². The highest BCUT2D eigenvalue weighted by atomic mass is 35.5. The molecule has 5 nitrogen and oxygen atoms in total. The van der Waals surface area contributed by atoms with Gasteiger partial charge in [-0.2, -0.15) is 0 Å². The number of hydrogen-bond donors (Lipinski definition) is 0. The van der Waals surface area contributed by atoms with Crippen LogP contribution in [-0.4, -0.2) is 5.16 Å². The summed E-state index contributed by atoms with van der Waals surface area (Å²) in [5.41, 5.74) is 2.51. The first-order chi connectivity index (χ1) is 12.6. The lowest BCUT2D eigenvalue weighted by Gasteiger charge is -2.08. The van der Waals surface area contributed by atoms with Crippen molar-refractivity contribution in [2.24, 2.45) is 0 Å². The largest absolute Gasteiger partial charge is 0.484 e. The molecular weight excluding hydrogens is 354 g/mol. The summed E-state index contributed by atoms with van der Waals surface area (Å²) in [4.78, 5) is 11.6. The monoisotopic (exact) mass is 367 g/mol. The van der Waals surface area contributed by atoms with E-state index < -0.39 is 5.63 Å². The SMILES string of the molecule is Cc1cc(=O)oc2cc(OCc3cc(-c4ccccc4)no3)c(Cl)cc12. The standard InChI is InChI=1S/C20H14ClNO4/c1-12-7-20(23)25-18-10-19(16(21)9-15(12)18)24-11-14-8-17(22-26-14)13-5-3-2-4-6-13/h2-10H,11H2,1H3. The lowest BCUT2D eigenvalue weighted by Crippen LogP contribution is -1.99. The van der Waals surface area contributed by atoms with Crippen molar-refractivity contribution in [1.29, 1.82) is 0 Å². The van der Waals surface area contributed by atoms with Crippen LogP contribution in [-0.2, 0) is 6.61 Å². The molecule has 4 aromatic rings. The predicted molar refractivity (Wildman–Crippen MR) is 98.5 cm³/mol. The Balaban J connectivity index is 1.57. The molecule has 2 aromatic heterocycles. The molecule has 0 atom stereocenters. The van der Waals surface area contributed by atoms with Crippen molar-refractivity contribution in [3.8, 4) is 17.0 Å². The lowest BCUT2D eigenvalue weighted by atomic mass is 10.1. The molecule has 0 aliphatic rings. The van der Waals surface area contributed by atoms with Crippen LogP contribution in [0.2, 0.25) is 5.02 Å². The highest BCUT2D eigenvalue weighted by Crippen LogP contribution is 2.31. The van der Waals surface area contributed by atoms with Crippen molar-refractivity contribution in [2.45, 2.75) is 13.5 Å². The molecule has 26 heavy (non-hydrogen) atoms. The number of ether oxygens (including phenoxy) is 1. The Labute approximate surface area is 153 Å². The van der Waals surface area contributed by atoms with Crippen molar-refractivity contribution >= 4 is 22.6 Å². The van der Waals surface area contributed by atoms with Crippen LogP contribution in [0.4, 0.5) is 0 Å². The number of fused-ring (bicyclic) bond motifs is 1. The van der Waals surface area contributed by atoms with Gasteiger partial charge in [0.05, 0.1) is 5.02 Å². The fourth-order valence-electron chi connectivity index (χ4n) is 2.71.